The molecular weight excluding hydrogens is 540 g/mol. The summed E-state index contributed by atoms with van der Waals surface area (Å²) in [5.41, 5.74) is 1.57. The van der Waals surface area contributed by atoms with E-state index in [9.17, 15) is 18.7 Å². The van der Waals surface area contributed by atoms with E-state index in [0.29, 0.717) is 24.5 Å². The topological polar surface area (TPSA) is 90.6 Å². The molecule has 4 heterocycles. The first-order valence-electron chi connectivity index (χ1n) is 13.8. The van der Waals surface area contributed by atoms with Crippen LogP contribution < -0.4 is 9.80 Å². The lowest BCUT2D eigenvalue weighted by Gasteiger charge is -2.36. The minimum atomic E-state index is -2.94. The number of rotatable bonds is 8. The molecule has 2 saturated heterocycles. The van der Waals surface area contributed by atoms with Crippen LogP contribution in [-0.4, -0.2) is 81.5 Å². The first-order valence-corrected chi connectivity index (χ1v) is 14.2. The minimum absolute atomic E-state index is 0.387. The van der Waals surface area contributed by atoms with Gasteiger partial charge < -0.3 is 14.9 Å². The molecule has 1 N–H and O–H groups in total. The highest BCUT2D eigenvalue weighted by molar-refractivity contribution is 6.31. The van der Waals surface area contributed by atoms with Crippen LogP contribution in [0.2, 0.25) is 5.02 Å². The summed E-state index contributed by atoms with van der Waals surface area (Å²) < 4.78 is 28.9. The van der Waals surface area contributed by atoms with Gasteiger partial charge in [0.1, 0.15) is 11.3 Å². The molecule has 3 aromatic rings. The van der Waals surface area contributed by atoms with Gasteiger partial charge in [-0.15, -0.1) is 0 Å². The summed E-state index contributed by atoms with van der Waals surface area (Å²) in [7, 11) is 0. The number of aromatic carboxylic acids is 1. The van der Waals surface area contributed by atoms with Crippen LogP contribution in [0.1, 0.15) is 54.2 Å². The number of carboxylic acids is 1. The number of alkyl halides is 2. The van der Waals surface area contributed by atoms with E-state index in [-0.39, 0.29) is 0 Å². The minimum Gasteiger partial charge on any atom is -0.478 e. The largest absolute Gasteiger partial charge is 0.478 e. The van der Waals surface area contributed by atoms with Crippen molar-refractivity contribution in [2.24, 2.45) is 5.92 Å². The summed E-state index contributed by atoms with van der Waals surface area (Å²) in [6.45, 7) is 6.15. The van der Waals surface area contributed by atoms with Crippen molar-refractivity contribution in [1.29, 1.82) is 0 Å². The van der Waals surface area contributed by atoms with Crippen LogP contribution in [0, 0.1) is 5.92 Å². The number of piperazine rings is 1. The molecule has 3 fully saturated rings. The monoisotopic (exact) mass is 571 g/mol. The lowest BCUT2D eigenvalue weighted by molar-refractivity contribution is 0.0681. The molecule has 1 aromatic carbocycles. The number of halogens is 3. The van der Waals surface area contributed by atoms with Crippen LogP contribution in [0.15, 0.2) is 36.8 Å². The third-order valence-corrected chi connectivity index (χ3v) is 8.37. The molecule has 1 saturated carbocycles. The Hall–Kier alpha value is -3.31. The Kier molecular flexibility index (Phi) is 7.59. The fourth-order valence-electron chi connectivity index (χ4n) is 5.85. The fourth-order valence-corrected chi connectivity index (χ4v) is 6.01. The number of benzene rings is 1. The summed E-state index contributed by atoms with van der Waals surface area (Å²) >= 11 is 6.41. The smallest absolute Gasteiger partial charge is 0.339 e. The van der Waals surface area contributed by atoms with Crippen LogP contribution in [0.3, 0.4) is 0 Å². The molecule has 9 nitrogen and oxygen atoms in total. The highest BCUT2D eigenvalue weighted by Gasteiger charge is 2.32. The maximum absolute atomic E-state index is 13.9. The maximum atomic E-state index is 13.9. The molecule has 6 rings (SSSR count). The van der Waals surface area contributed by atoms with E-state index in [0.717, 1.165) is 67.5 Å². The Morgan fingerprint density at radius 1 is 1.02 bits per heavy atom. The third-order valence-electron chi connectivity index (χ3n) is 8.13. The summed E-state index contributed by atoms with van der Waals surface area (Å²) in [6, 6.07) is 5.20. The molecule has 212 valence electrons. The van der Waals surface area contributed by atoms with Crippen molar-refractivity contribution in [1.82, 2.24) is 24.6 Å². The average molecular weight is 572 g/mol. The average Bonchev–Trinajstić information content (AvgIpc) is 3.66. The van der Waals surface area contributed by atoms with E-state index in [2.05, 4.69) is 19.8 Å². The van der Waals surface area contributed by atoms with E-state index < -0.39 is 29.7 Å². The molecule has 3 aliphatic rings. The van der Waals surface area contributed by atoms with E-state index >= 15 is 0 Å². The number of aromatic nitrogens is 4. The van der Waals surface area contributed by atoms with Crippen LogP contribution in [-0.2, 0) is 0 Å². The second-order valence-corrected chi connectivity index (χ2v) is 11.3. The van der Waals surface area contributed by atoms with Gasteiger partial charge >= 0.3 is 5.97 Å². The number of piperidine rings is 1. The first-order chi connectivity index (χ1) is 19.4. The molecule has 0 radical (unpaired) electrons. The van der Waals surface area contributed by atoms with Gasteiger partial charge in [0.2, 0.25) is 5.95 Å². The summed E-state index contributed by atoms with van der Waals surface area (Å²) in [6.07, 6.45) is 5.79. The van der Waals surface area contributed by atoms with Crippen LogP contribution >= 0.6 is 11.6 Å². The Morgan fingerprint density at radius 3 is 2.45 bits per heavy atom. The van der Waals surface area contributed by atoms with Gasteiger partial charge in [0.05, 0.1) is 12.2 Å². The number of hydrogen-bond acceptors (Lipinski definition) is 7. The van der Waals surface area contributed by atoms with E-state index in [1.165, 1.54) is 24.1 Å². The summed E-state index contributed by atoms with van der Waals surface area (Å²) in [4.78, 5) is 27.7. The lowest BCUT2D eigenvalue weighted by Crippen LogP contribution is -2.47. The highest BCUT2D eigenvalue weighted by Crippen LogP contribution is 2.37. The predicted molar refractivity (Wildman–Crippen MR) is 148 cm³/mol. The van der Waals surface area contributed by atoms with Gasteiger partial charge in [-0.05, 0) is 43.7 Å². The molecule has 0 spiro atoms. The van der Waals surface area contributed by atoms with E-state index in [1.54, 1.807) is 0 Å². The van der Waals surface area contributed by atoms with Crippen LogP contribution in [0.4, 0.5) is 20.4 Å². The van der Waals surface area contributed by atoms with Crippen molar-refractivity contribution in [3.8, 4) is 11.1 Å². The van der Waals surface area contributed by atoms with Crippen molar-refractivity contribution >= 4 is 29.2 Å². The molecule has 1 aliphatic carbocycles. The lowest BCUT2D eigenvalue weighted by atomic mass is 10.0. The zero-order chi connectivity index (χ0) is 27.8. The highest BCUT2D eigenvalue weighted by atomic mass is 35.5. The third kappa shape index (κ3) is 5.62. The Morgan fingerprint density at radius 2 is 1.77 bits per heavy atom. The SMILES string of the molecule is O=C(O)c1cnn(C2CCCN(c3cc(Cl)ccc3-c3cnc(N4CCN(CC5CC5)CC4)nc3)C2)c1C(F)F. The van der Waals surface area contributed by atoms with Gasteiger partial charge in [-0.25, -0.2) is 23.5 Å². The van der Waals surface area contributed by atoms with Gasteiger partial charge in [0, 0.05) is 80.0 Å². The maximum Gasteiger partial charge on any atom is 0.339 e. The number of anilines is 2. The molecule has 0 amide bonds. The molecule has 2 aromatic heterocycles. The fraction of sp³-hybridized carbons (Fsp3) is 0.500. The molecule has 0 bridgehead atoms. The Bertz CT molecular complexity index is 1360. The van der Waals surface area contributed by atoms with Crippen molar-refractivity contribution in [2.75, 3.05) is 55.6 Å². The molecule has 12 heteroatoms. The molecule has 40 heavy (non-hydrogen) atoms. The zero-order valence-electron chi connectivity index (χ0n) is 22.1. The van der Waals surface area contributed by atoms with Crippen molar-refractivity contribution < 1.29 is 18.7 Å². The predicted octanol–water partition coefficient (Wildman–Crippen LogP) is 5.00. The number of carbonyl (C=O) groups is 1. The number of hydrogen-bond donors (Lipinski definition) is 1. The van der Waals surface area contributed by atoms with Gasteiger partial charge in [0.15, 0.2) is 0 Å². The molecule has 1 unspecified atom stereocenters. The van der Waals surface area contributed by atoms with Gasteiger partial charge in [-0.1, -0.05) is 17.7 Å². The Labute approximate surface area is 236 Å². The standard InChI is InChI=1S/C28H32ClF2N7O2/c29-20-5-6-22(19-13-32-28(33-14-19)36-10-8-35(9-11-36)16-18-3-4-18)24(12-20)37-7-1-2-21(17-37)38-25(26(30)31)23(15-34-38)27(39)40/h5-6,12-15,18,21,26H,1-4,7-11,16-17H2,(H,39,40). The van der Waals surface area contributed by atoms with Gasteiger partial charge in [-0.3, -0.25) is 9.58 Å². The second-order valence-electron chi connectivity index (χ2n) is 10.9. The van der Waals surface area contributed by atoms with E-state index in [4.69, 9.17) is 21.6 Å². The van der Waals surface area contributed by atoms with Gasteiger partial charge in [0.25, 0.3) is 6.43 Å². The Balaban J connectivity index is 1.21. The van der Waals surface area contributed by atoms with Gasteiger partial charge in [-0.2, -0.15) is 5.10 Å². The van der Waals surface area contributed by atoms with Crippen molar-refractivity contribution in [2.45, 2.75) is 38.2 Å². The van der Waals surface area contributed by atoms with E-state index in [1.807, 2.05) is 30.6 Å². The summed E-state index contributed by atoms with van der Waals surface area (Å²) in [5.74, 6) is 0.199. The normalized spacial score (nSPS) is 20.4. The first kappa shape index (κ1) is 26.9. The van der Waals surface area contributed by atoms with Crippen molar-refractivity contribution in [3.05, 3.63) is 53.1 Å². The molecule has 2 aliphatic heterocycles. The van der Waals surface area contributed by atoms with Crippen LogP contribution in [0.25, 0.3) is 11.1 Å². The second kappa shape index (κ2) is 11.3. The number of carboxylic acid groups (broad SMARTS) is 1. The molecule has 1 atom stereocenters. The zero-order valence-corrected chi connectivity index (χ0v) is 22.9. The van der Waals surface area contributed by atoms with Crippen LogP contribution in [0.5, 0.6) is 0 Å². The number of nitrogens with zero attached hydrogens (tertiary/aromatic N) is 7. The quantitative estimate of drug-likeness (QED) is 0.404. The summed E-state index contributed by atoms with van der Waals surface area (Å²) in [5, 5.41) is 14.0. The molecular formula is C28H32ClF2N7O2. The van der Waals surface area contributed by atoms with Crippen molar-refractivity contribution in [3.63, 3.8) is 0 Å².